The van der Waals surface area contributed by atoms with Gasteiger partial charge < -0.3 is 5.53 Å². The van der Waals surface area contributed by atoms with Gasteiger partial charge in [-0.05, 0) is 73.9 Å². The van der Waals surface area contributed by atoms with Crippen molar-refractivity contribution in [2.24, 2.45) is 0 Å². The molecule has 2 aromatic carbocycles. The summed E-state index contributed by atoms with van der Waals surface area (Å²) in [7, 11) is 0. The standard InChI is InChI=1S/C34H48N2.2C3H7O.Ni/c1-4-7-10-12-13-15-18-29-19-16-21-31(26-29)34-32(20-9-6-3)27-33(36(34)35)30-24-22-28(23-25-30)17-14-11-8-5-2;2*1-2-3-4;/h16,19,21-27H,4-15,17-18,20H2,1-3H3;2*2-3H2,1H3;/q;2*-1;+2. The van der Waals surface area contributed by atoms with Crippen LogP contribution in [-0.2, 0) is 35.7 Å². The van der Waals surface area contributed by atoms with Gasteiger partial charge in [0.2, 0.25) is 11.4 Å². The van der Waals surface area contributed by atoms with Gasteiger partial charge in [-0.1, -0.05) is 103 Å². The van der Waals surface area contributed by atoms with Crippen molar-refractivity contribution in [2.75, 3.05) is 13.2 Å². The van der Waals surface area contributed by atoms with Crippen LogP contribution < -0.4 is 0 Å². The van der Waals surface area contributed by atoms with Crippen LogP contribution in [-0.4, -0.2) is 17.9 Å². The van der Waals surface area contributed by atoms with E-state index in [0.29, 0.717) is 0 Å². The number of rotatable bonds is 23. The molecule has 0 saturated carbocycles. The molecule has 0 amide bonds. The molecule has 1 aliphatic rings. The molecule has 0 bridgehead atoms. The van der Waals surface area contributed by atoms with Crippen LogP contribution in [0.3, 0.4) is 0 Å². The van der Waals surface area contributed by atoms with E-state index in [2.05, 4.69) is 89.2 Å². The number of aryl methyl sites for hydroxylation is 2. The molecule has 0 N–H and O–H groups in total. The molecule has 0 fully saturated rings. The van der Waals surface area contributed by atoms with Gasteiger partial charge in [-0.25, -0.2) is 4.70 Å². The molecule has 0 atom stereocenters. The number of hydrogen-bond acceptors (Lipinski definition) is 2. The van der Waals surface area contributed by atoms with Crippen LogP contribution in [0.2, 0.25) is 0 Å². The first-order chi connectivity index (χ1) is 22.1. The fraction of sp³-hybridized carbons (Fsp3) is 0.600. The first kappa shape index (κ1) is 39.1. The first-order valence-electron chi connectivity index (χ1n) is 18.0. The van der Waals surface area contributed by atoms with E-state index in [9.17, 15) is 5.53 Å². The quantitative estimate of drug-likeness (QED) is 0.0676. The fourth-order valence-corrected chi connectivity index (χ4v) is 6.06. The summed E-state index contributed by atoms with van der Waals surface area (Å²) in [5, 5.41) is 0. The van der Waals surface area contributed by atoms with Crippen LogP contribution in [0, 0.1) is 0 Å². The second kappa shape index (κ2) is 25.1. The van der Waals surface area contributed by atoms with Crippen LogP contribution in [0.4, 0.5) is 0 Å². The molecule has 0 saturated heterocycles. The van der Waals surface area contributed by atoms with Gasteiger partial charge in [0.05, 0.1) is 0 Å². The van der Waals surface area contributed by atoms with E-state index in [0.717, 1.165) is 95.8 Å². The van der Waals surface area contributed by atoms with Crippen molar-refractivity contribution in [3.63, 3.8) is 0 Å². The van der Waals surface area contributed by atoms with Gasteiger partial charge in [0.1, 0.15) is 0 Å². The minimum absolute atomic E-state index is 0.781. The Hall–Kier alpha value is -2.07. The maximum atomic E-state index is 11.4. The third-order valence-electron chi connectivity index (χ3n) is 8.05. The topological polar surface area (TPSA) is 43.8 Å². The van der Waals surface area contributed by atoms with E-state index in [1.165, 1.54) is 85.6 Å². The zero-order chi connectivity index (χ0) is 32.5. The van der Waals surface area contributed by atoms with Crippen LogP contribution in [0.5, 0.6) is 0 Å². The molecule has 1 heterocycles. The van der Waals surface area contributed by atoms with Crippen molar-refractivity contribution in [1.29, 1.82) is 0 Å². The third kappa shape index (κ3) is 15.4. The number of nitrogens with zero attached hydrogens (tertiary/aromatic N) is 2. The molecule has 45 heavy (non-hydrogen) atoms. The van der Waals surface area contributed by atoms with Crippen molar-refractivity contribution in [2.45, 2.75) is 144 Å². The van der Waals surface area contributed by atoms with Gasteiger partial charge in [0.15, 0.2) is 0 Å². The third-order valence-corrected chi connectivity index (χ3v) is 8.69. The average molecular weight is 662 g/mol. The molecule has 254 valence electrons. The molecule has 5 heteroatoms. The summed E-state index contributed by atoms with van der Waals surface area (Å²) in [6, 6.07) is 17.7. The summed E-state index contributed by atoms with van der Waals surface area (Å²) in [6.07, 6.45) is 22.9. The van der Waals surface area contributed by atoms with Crippen molar-refractivity contribution in [3.05, 3.63) is 88.0 Å². The number of allylic oxidation sites excluding steroid dienone is 2. The fourth-order valence-electron chi connectivity index (χ4n) is 5.41. The Kier molecular flexibility index (Phi) is 21.8. The zero-order valence-corrected chi connectivity index (χ0v) is 30.1. The molecule has 4 nitrogen and oxygen atoms in total. The molecule has 2 aromatic rings. The molecule has 0 spiro atoms. The Balaban J connectivity index is 0.000000681. The second-order valence-electron chi connectivity index (χ2n) is 12.2. The van der Waals surface area contributed by atoms with Crippen LogP contribution in [0.1, 0.15) is 153 Å². The molecule has 0 aromatic heterocycles. The Morgan fingerprint density at radius 2 is 1.16 bits per heavy atom. The number of benzene rings is 2. The van der Waals surface area contributed by atoms with Crippen molar-refractivity contribution in [1.82, 2.24) is 0 Å². The van der Waals surface area contributed by atoms with Crippen LogP contribution >= 0.6 is 0 Å². The van der Waals surface area contributed by atoms with Crippen LogP contribution in [0.25, 0.3) is 16.9 Å². The molecule has 3 rings (SSSR count). The van der Waals surface area contributed by atoms with E-state index >= 15 is 0 Å². The molecule has 0 unspecified atom stereocenters. The van der Waals surface area contributed by atoms with E-state index in [-0.39, 0.29) is 0 Å². The monoisotopic (exact) mass is 660 g/mol. The summed E-state index contributed by atoms with van der Waals surface area (Å²) in [4.78, 5) is 0. The molecule has 1 aliphatic heterocycles. The van der Waals surface area contributed by atoms with Gasteiger partial charge in [-0.3, -0.25) is 0 Å². The molecule has 0 aliphatic carbocycles. The Bertz CT molecular complexity index is 1130. The Morgan fingerprint density at radius 3 is 1.78 bits per heavy atom. The summed E-state index contributed by atoms with van der Waals surface area (Å²) >= 11 is 0.942. The Labute approximate surface area is 283 Å². The average Bonchev–Trinajstić information content (AvgIpc) is 3.40. The first-order valence-corrected chi connectivity index (χ1v) is 18.9. The van der Waals surface area contributed by atoms with Gasteiger partial charge >= 0.3 is 62.7 Å². The van der Waals surface area contributed by atoms with Gasteiger partial charge in [-0.15, -0.1) is 0 Å². The number of unbranched alkanes of at least 4 members (excludes halogenated alkanes) is 9. The summed E-state index contributed by atoms with van der Waals surface area (Å²) in [5.74, 6) is 0. The summed E-state index contributed by atoms with van der Waals surface area (Å²) in [6.45, 7) is 12.5. The van der Waals surface area contributed by atoms with Gasteiger partial charge in [0.25, 0.3) is 0 Å². The van der Waals surface area contributed by atoms with E-state index in [4.69, 9.17) is 7.76 Å². The van der Waals surface area contributed by atoms with Gasteiger partial charge in [-0.2, -0.15) is 0 Å². The maximum absolute atomic E-state index is 11.4. The predicted molar refractivity (Wildman–Crippen MR) is 188 cm³/mol. The van der Waals surface area contributed by atoms with E-state index in [1.807, 2.05) is 0 Å². The minimum atomic E-state index is 0.781. The molecular formula is C40H62N2NiO2. The zero-order valence-electron chi connectivity index (χ0n) is 29.2. The predicted octanol–water partition coefficient (Wildman–Crippen LogP) is 12.5. The van der Waals surface area contributed by atoms with Crippen molar-refractivity contribution < 1.29 is 27.5 Å². The van der Waals surface area contributed by atoms with Crippen LogP contribution in [0.15, 0.2) is 60.2 Å². The molecular weight excluding hydrogens is 599 g/mol. The summed E-state index contributed by atoms with van der Waals surface area (Å²) < 4.78 is 11.4. The molecule has 0 radical (unpaired) electrons. The van der Waals surface area contributed by atoms with E-state index in [1.54, 1.807) is 0 Å². The number of hydrogen-bond donors (Lipinski definition) is 0. The second-order valence-corrected chi connectivity index (χ2v) is 12.9. The van der Waals surface area contributed by atoms with Gasteiger partial charge in [0, 0.05) is 22.8 Å². The Morgan fingerprint density at radius 1 is 0.578 bits per heavy atom. The van der Waals surface area contributed by atoms with E-state index < -0.39 is 0 Å². The summed E-state index contributed by atoms with van der Waals surface area (Å²) in [5.41, 5.74) is 19.5. The van der Waals surface area contributed by atoms with Crippen molar-refractivity contribution >= 4 is 11.4 Å². The SMILES string of the molecule is CCCCCCCCc1cccc(C2=C(CCCC)C=C(c3ccc(CCCCCC)cc3)[N+]2=[N-])c1.CCC[O][Ni][O]CCC. The van der Waals surface area contributed by atoms with Crippen molar-refractivity contribution in [3.8, 4) is 0 Å². The normalized spacial score (nSPS) is 12.9.